The molecule has 0 radical (unpaired) electrons. The Morgan fingerprint density at radius 2 is 2.00 bits per heavy atom. The summed E-state index contributed by atoms with van der Waals surface area (Å²) < 4.78 is 7.20. The number of aromatic nitrogens is 2. The van der Waals surface area contributed by atoms with E-state index >= 15 is 0 Å². The van der Waals surface area contributed by atoms with Crippen LogP contribution in [0.25, 0.3) is 0 Å². The molecule has 3 heterocycles. The summed E-state index contributed by atoms with van der Waals surface area (Å²) in [5.74, 6) is 0.494. The Hall–Kier alpha value is -3.61. The second kappa shape index (κ2) is 7.51. The third kappa shape index (κ3) is 2.84. The van der Waals surface area contributed by atoms with Crippen LogP contribution in [0.15, 0.2) is 60.8 Å². The molecule has 2 aliphatic heterocycles. The molecule has 1 spiro atoms. The van der Waals surface area contributed by atoms with Gasteiger partial charge in [-0.15, -0.1) is 0 Å². The first-order chi connectivity index (χ1) is 15.5. The van der Waals surface area contributed by atoms with Crippen molar-refractivity contribution in [1.29, 1.82) is 0 Å². The monoisotopic (exact) mass is 430 g/mol. The molecule has 1 N–H and O–H groups in total. The first-order valence-corrected chi connectivity index (χ1v) is 10.9. The van der Waals surface area contributed by atoms with Crippen molar-refractivity contribution in [2.24, 2.45) is 0 Å². The molecule has 0 bridgehead atoms. The van der Waals surface area contributed by atoms with Crippen molar-refractivity contribution in [3.8, 4) is 5.75 Å². The third-order valence-electron chi connectivity index (χ3n) is 6.64. The average molecular weight is 431 g/mol. The Morgan fingerprint density at radius 3 is 2.78 bits per heavy atom. The number of likely N-dealkylation sites (tertiary alicyclic amines) is 1. The lowest BCUT2D eigenvalue weighted by molar-refractivity contribution is -0.121. The molecule has 0 unspecified atom stereocenters. The summed E-state index contributed by atoms with van der Waals surface area (Å²) in [6.45, 7) is 4.46. The maximum atomic E-state index is 13.8. The van der Waals surface area contributed by atoms with E-state index in [-0.39, 0.29) is 17.9 Å². The van der Waals surface area contributed by atoms with Gasteiger partial charge in [-0.2, -0.15) is 5.10 Å². The molecule has 3 aromatic rings. The molecular formula is C25H26N4O3. The molecule has 164 valence electrons. The van der Waals surface area contributed by atoms with Crippen LogP contribution in [0.2, 0.25) is 0 Å². The van der Waals surface area contributed by atoms with Gasteiger partial charge in [0.1, 0.15) is 16.9 Å². The number of methoxy groups -OCH3 is 1. The van der Waals surface area contributed by atoms with Gasteiger partial charge in [-0.1, -0.05) is 30.3 Å². The number of nitrogens with one attached hydrogen (secondary N) is 1. The molecule has 2 atom stereocenters. The average Bonchev–Trinajstić information content (AvgIpc) is 3.51. The van der Waals surface area contributed by atoms with Crippen molar-refractivity contribution >= 4 is 17.5 Å². The van der Waals surface area contributed by atoms with Crippen molar-refractivity contribution in [3.63, 3.8) is 0 Å². The second-order valence-corrected chi connectivity index (χ2v) is 8.65. The molecule has 7 nitrogen and oxygen atoms in total. The molecular weight excluding hydrogens is 404 g/mol. The summed E-state index contributed by atoms with van der Waals surface area (Å²) in [6, 6.07) is 16.8. The number of anilines is 1. The minimum atomic E-state index is -0.860. The normalized spacial score (nSPS) is 21.8. The van der Waals surface area contributed by atoms with Gasteiger partial charge in [0.15, 0.2) is 0 Å². The van der Waals surface area contributed by atoms with Crippen LogP contribution in [0.3, 0.4) is 0 Å². The summed E-state index contributed by atoms with van der Waals surface area (Å²) in [5, 5.41) is 7.40. The lowest BCUT2D eigenvalue weighted by Crippen LogP contribution is -2.43. The van der Waals surface area contributed by atoms with Crippen LogP contribution in [-0.4, -0.2) is 40.1 Å². The van der Waals surface area contributed by atoms with Gasteiger partial charge in [0.25, 0.3) is 5.91 Å². The summed E-state index contributed by atoms with van der Waals surface area (Å²) in [7, 11) is 1.62. The van der Waals surface area contributed by atoms with Crippen molar-refractivity contribution in [2.45, 2.75) is 37.8 Å². The largest absolute Gasteiger partial charge is 0.497 e. The fourth-order valence-corrected chi connectivity index (χ4v) is 5.22. The lowest BCUT2D eigenvalue weighted by atomic mass is 9.72. The molecule has 1 fully saturated rings. The lowest BCUT2D eigenvalue weighted by Gasteiger charge is -2.34. The van der Waals surface area contributed by atoms with E-state index in [1.54, 1.807) is 24.1 Å². The zero-order valence-corrected chi connectivity index (χ0v) is 18.4. The van der Waals surface area contributed by atoms with Crippen molar-refractivity contribution in [3.05, 3.63) is 77.6 Å². The van der Waals surface area contributed by atoms with E-state index in [9.17, 15) is 9.59 Å². The Bertz CT molecular complexity index is 1200. The molecule has 7 heteroatoms. The van der Waals surface area contributed by atoms with Gasteiger partial charge in [-0.3, -0.25) is 14.3 Å². The predicted molar refractivity (Wildman–Crippen MR) is 121 cm³/mol. The van der Waals surface area contributed by atoms with Gasteiger partial charge >= 0.3 is 0 Å². The Morgan fingerprint density at radius 1 is 1.19 bits per heavy atom. The number of para-hydroxylation sites is 1. The minimum absolute atomic E-state index is 0.0475. The number of hydrogen-bond acceptors (Lipinski definition) is 4. The third-order valence-corrected chi connectivity index (χ3v) is 6.64. The van der Waals surface area contributed by atoms with Gasteiger partial charge < -0.3 is 15.0 Å². The van der Waals surface area contributed by atoms with E-state index in [2.05, 4.69) is 10.4 Å². The fourth-order valence-electron chi connectivity index (χ4n) is 5.22. The number of hydrogen-bond donors (Lipinski definition) is 1. The van der Waals surface area contributed by atoms with E-state index in [4.69, 9.17) is 4.74 Å². The molecule has 32 heavy (non-hydrogen) atoms. The van der Waals surface area contributed by atoms with Crippen molar-refractivity contribution < 1.29 is 14.3 Å². The van der Waals surface area contributed by atoms with Crippen LogP contribution < -0.4 is 10.1 Å². The number of nitrogens with zero attached hydrogens (tertiary/aromatic N) is 3. The van der Waals surface area contributed by atoms with Crippen LogP contribution in [0, 0.1) is 0 Å². The quantitative estimate of drug-likeness (QED) is 0.680. The van der Waals surface area contributed by atoms with Crippen LogP contribution in [0.5, 0.6) is 5.75 Å². The topological polar surface area (TPSA) is 76.5 Å². The summed E-state index contributed by atoms with van der Waals surface area (Å²) in [6.07, 6.45) is 2.19. The highest BCUT2D eigenvalue weighted by Gasteiger charge is 2.59. The highest BCUT2D eigenvalue weighted by atomic mass is 16.5. The Kier molecular flexibility index (Phi) is 4.77. The highest BCUT2D eigenvalue weighted by molar-refractivity contribution is 6.08. The first kappa shape index (κ1) is 20.3. The summed E-state index contributed by atoms with van der Waals surface area (Å²) >= 11 is 0. The van der Waals surface area contributed by atoms with Gasteiger partial charge in [0.2, 0.25) is 5.91 Å². The molecule has 1 aromatic heterocycles. The maximum absolute atomic E-state index is 13.8. The molecule has 2 aliphatic rings. The fraction of sp³-hybridized carbons (Fsp3) is 0.320. The second-order valence-electron chi connectivity index (χ2n) is 8.65. The number of carbonyl (C=O) groups is 2. The maximum Gasteiger partial charge on any atom is 0.272 e. The van der Waals surface area contributed by atoms with E-state index in [1.165, 1.54) is 0 Å². The van der Waals surface area contributed by atoms with Gasteiger partial charge in [0.05, 0.1) is 13.2 Å². The van der Waals surface area contributed by atoms with Gasteiger partial charge in [-0.25, -0.2) is 0 Å². The number of fused-ring (bicyclic) bond motifs is 2. The summed E-state index contributed by atoms with van der Waals surface area (Å²) in [5.41, 5.74) is 2.29. The number of ether oxygens (including phenoxy) is 1. The molecule has 0 aliphatic carbocycles. The van der Waals surface area contributed by atoms with Gasteiger partial charge in [-0.05, 0) is 55.7 Å². The summed E-state index contributed by atoms with van der Waals surface area (Å²) in [4.78, 5) is 29.2. The SMILES string of the molecule is COc1cccc([C@@H]2N(C(=O)c3ccnn3C(C)C)CC[C@]23C(=O)Nc2ccccc23)c1. The molecule has 5 rings (SSSR count). The minimum Gasteiger partial charge on any atom is -0.497 e. The highest BCUT2D eigenvalue weighted by Crippen LogP contribution is 2.55. The number of benzene rings is 2. The predicted octanol–water partition coefficient (Wildman–Crippen LogP) is 3.95. The zero-order valence-electron chi connectivity index (χ0n) is 18.4. The number of carbonyl (C=O) groups excluding carboxylic acids is 2. The first-order valence-electron chi connectivity index (χ1n) is 10.9. The van der Waals surface area contributed by atoms with Crippen LogP contribution in [0.4, 0.5) is 5.69 Å². The Balaban J connectivity index is 1.68. The van der Waals surface area contributed by atoms with E-state index in [0.717, 1.165) is 16.8 Å². The van der Waals surface area contributed by atoms with E-state index in [1.807, 2.05) is 67.3 Å². The van der Waals surface area contributed by atoms with Crippen molar-refractivity contribution in [2.75, 3.05) is 19.0 Å². The van der Waals surface area contributed by atoms with Crippen LogP contribution in [-0.2, 0) is 10.2 Å². The van der Waals surface area contributed by atoms with Crippen LogP contribution >= 0.6 is 0 Å². The molecule has 0 saturated carbocycles. The Labute approximate surface area is 187 Å². The van der Waals surface area contributed by atoms with E-state index in [0.29, 0.717) is 24.4 Å². The molecule has 1 saturated heterocycles. The van der Waals surface area contributed by atoms with Crippen LogP contribution in [0.1, 0.15) is 54.0 Å². The zero-order chi connectivity index (χ0) is 22.5. The van der Waals surface area contributed by atoms with Crippen molar-refractivity contribution in [1.82, 2.24) is 14.7 Å². The van der Waals surface area contributed by atoms with Gasteiger partial charge in [0, 0.05) is 24.5 Å². The molecule has 2 amide bonds. The number of amides is 2. The smallest absolute Gasteiger partial charge is 0.272 e. The van der Waals surface area contributed by atoms with E-state index < -0.39 is 11.5 Å². The molecule has 2 aromatic carbocycles. The number of rotatable bonds is 4. The standard InChI is InChI=1S/C25H26N4O3/c1-16(2)29-21(11-13-26-29)23(30)28-14-12-25(19-9-4-5-10-20(19)27-24(25)31)22(28)17-7-6-8-18(15-17)32-3/h4-11,13,15-16,22H,12,14H2,1-3H3,(H,27,31)/t22-,25+/m0/s1.